The molecule has 1 aliphatic rings. The monoisotopic (exact) mass is 454 g/mol. The lowest BCUT2D eigenvalue weighted by molar-refractivity contribution is 0.0932. The number of ether oxygens (including phenoxy) is 2. The molecule has 1 unspecified atom stereocenters. The van der Waals surface area contributed by atoms with Gasteiger partial charge in [0.25, 0.3) is 11.8 Å². The van der Waals surface area contributed by atoms with Crippen molar-refractivity contribution >= 4 is 29.1 Å². The van der Waals surface area contributed by atoms with Crippen molar-refractivity contribution in [1.29, 1.82) is 0 Å². The summed E-state index contributed by atoms with van der Waals surface area (Å²) in [6.45, 7) is 0.407. The highest BCUT2D eigenvalue weighted by atomic mass is 35.5. The number of aryl methyl sites for hydroxylation is 1. The molecule has 8 nitrogen and oxygen atoms in total. The predicted octanol–water partition coefficient (Wildman–Crippen LogP) is 3.61. The number of nitrogens with zero attached hydrogens (tertiary/aromatic N) is 3. The van der Waals surface area contributed by atoms with E-state index < -0.39 is 0 Å². The fourth-order valence-corrected chi connectivity index (χ4v) is 4.01. The first kappa shape index (κ1) is 21.7. The number of amides is 2. The summed E-state index contributed by atoms with van der Waals surface area (Å²) in [5.74, 6) is 0.573. The van der Waals surface area contributed by atoms with Gasteiger partial charge in [0.2, 0.25) is 0 Å². The first-order chi connectivity index (χ1) is 15.4. The van der Waals surface area contributed by atoms with Gasteiger partial charge in [-0.1, -0.05) is 23.7 Å². The van der Waals surface area contributed by atoms with Gasteiger partial charge in [-0.2, -0.15) is 5.10 Å². The standard InChI is InChI=1S/C23H23ClN4O4/c1-27-13-20-21(26-27)19(25-22(29)17-6-4-5-7-18(17)24)8-9-28(20)23(30)14-10-15(31-2)12-16(11-14)32-3/h4-7,10-13,19H,8-9H2,1-3H3,(H,25,29). The van der Waals surface area contributed by atoms with Gasteiger partial charge in [-0.3, -0.25) is 14.3 Å². The Labute approximate surface area is 190 Å². The van der Waals surface area contributed by atoms with E-state index in [1.807, 2.05) is 0 Å². The number of hydrogen-bond donors (Lipinski definition) is 1. The zero-order valence-corrected chi connectivity index (χ0v) is 18.7. The van der Waals surface area contributed by atoms with Crippen molar-refractivity contribution in [1.82, 2.24) is 15.1 Å². The van der Waals surface area contributed by atoms with Crippen LogP contribution in [0.1, 0.15) is 38.9 Å². The molecule has 1 aliphatic heterocycles. The summed E-state index contributed by atoms with van der Waals surface area (Å²) < 4.78 is 12.2. The lowest BCUT2D eigenvalue weighted by atomic mass is 10.0. The van der Waals surface area contributed by atoms with Crippen LogP contribution in [0.2, 0.25) is 5.02 Å². The molecule has 0 aliphatic carbocycles. The summed E-state index contributed by atoms with van der Waals surface area (Å²) >= 11 is 6.17. The topological polar surface area (TPSA) is 85.7 Å². The molecular formula is C23H23ClN4O4. The van der Waals surface area contributed by atoms with Crippen LogP contribution in [0, 0.1) is 0 Å². The van der Waals surface area contributed by atoms with Gasteiger partial charge in [-0.25, -0.2) is 0 Å². The Kier molecular flexibility index (Phi) is 6.05. The molecule has 0 saturated carbocycles. The van der Waals surface area contributed by atoms with E-state index in [1.165, 1.54) is 14.2 Å². The molecule has 9 heteroatoms. The smallest absolute Gasteiger partial charge is 0.258 e. The molecule has 0 fully saturated rings. The Bertz CT molecular complexity index is 1150. The normalized spacial score (nSPS) is 15.1. The fraction of sp³-hybridized carbons (Fsp3) is 0.261. The van der Waals surface area contributed by atoms with Gasteiger partial charge in [0, 0.05) is 31.4 Å². The third-order valence-electron chi connectivity index (χ3n) is 5.37. The first-order valence-corrected chi connectivity index (χ1v) is 10.4. The zero-order valence-electron chi connectivity index (χ0n) is 18.0. The zero-order chi connectivity index (χ0) is 22.8. The minimum atomic E-state index is -0.348. The average Bonchev–Trinajstić information content (AvgIpc) is 3.20. The molecule has 1 N–H and O–H groups in total. The number of nitrogens with one attached hydrogen (secondary N) is 1. The molecule has 2 heterocycles. The molecule has 32 heavy (non-hydrogen) atoms. The summed E-state index contributed by atoms with van der Waals surface area (Å²) in [5, 5.41) is 7.91. The molecule has 0 spiro atoms. The van der Waals surface area contributed by atoms with Crippen LogP contribution in [0.25, 0.3) is 0 Å². The van der Waals surface area contributed by atoms with Gasteiger partial charge < -0.3 is 19.7 Å². The summed E-state index contributed by atoms with van der Waals surface area (Å²) in [5.41, 5.74) is 2.11. The van der Waals surface area contributed by atoms with Crippen LogP contribution >= 0.6 is 11.6 Å². The van der Waals surface area contributed by atoms with Crippen LogP contribution in [0.3, 0.4) is 0 Å². The van der Waals surface area contributed by atoms with E-state index >= 15 is 0 Å². The highest BCUT2D eigenvalue weighted by molar-refractivity contribution is 6.33. The van der Waals surface area contributed by atoms with E-state index in [0.29, 0.717) is 52.0 Å². The lowest BCUT2D eigenvalue weighted by Gasteiger charge is -2.31. The van der Waals surface area contributed by atoms with E-state index in [-0.39, 0.29) is 17.9 Å². The molecular weight excluding hydrogens is 432 g/mol. The molecule has 2 aromatic carbocycles. The van der Waals surface area contributed by atoms with Crippen molar-refractivity contribution in [2.45, 2.75) is 12.5 Å². The highest BCUT2D eigenvalue weighted by Gasteiger charge is 2.33. The van der Waals surface area contributed by atoms with E-state index in [9.17, 15) is 9.59 Å². The van der Waals surface area contributed by atoms with Gasteiger partial charge in [0.1, 0.15) is 17.2 Å². The van der Waals surface area contributed by atoms with Crippen LogP contribution < -0.4 is 19.7 Å². The van der Waals surface area contributed by atoms with Gasteiger partial charge in [-0.05, 0) is 30.7 Å². The maximum Gasteiger partial charge on any atom is 0.258 e. The van der Waals surface area contributed by atoms with Crippen molar-refractivity contribution in [2.75, 3.05) is 25.7 Å². The second-order valence-electron chi connectivity index (χ2n) is 7.43. The van der Waals surface area contributed by atoms with Crippen LogP contribution in [-0.4, -0.2) is 42.4 Å². The Morgan fingerprint density at radius 1 is 1.12 bits per heavy atom. The molecule has 166 valence electrons. The molecule has 0 bridgehead atoms. The summed E-state index contributed by atoms with van der Waals surface area (Å²) in [6.07, 6.45) is 2.28. The predicted molar refractivity (Wildman–Crippen MR) is 121 cm³/mol. The number of halogens is 1. The number of benzene rings is 2. The minimum Gasteiger partial charge on any atom is -0.497 e. The molecule has 0 radical (unpaired) electrons. The molecule has 4 rings (SSSR count). The highest BCUT2D eigenvalue weighted by Crippen LogP contribution is 2.35. The largest absolute Gasteiger partial charge is 0.497 e. The molecule has 0 saturated heterocycles. The van der Waals surface area contributed by atoms with Crippen molar-refractivity contribution in [3.8, 4) is 11.5 Å². The quantitative estimate of drug-likeness (QED) is 0.636. The van der Waals surface area contributed by atoms with Gasteiger partial charge in [0.15, 0.2) is 0 Å². The van der Waals surface area contributed by atoms with Gasteiger partial charge >= 0.3 is 0 Å². The van der Waals surface area contributed by atoms with Crippen molar-refractivity contribution in [3.63, 3.8) is 0 Å². The molecule has 1 atom stereocenters. The second kappa shape index (κ2) is 8.92. The number of hydrogen-bond acceptors (Lipinski definition) is 5. The third-order valence-corrected chi connectivity index (χ3v) is 5.70. The van der Waals surface area contributed by atoms with E-state index in [0.717, 1.165) is 0 Å². The van der Waals surface area contributed by atoms with Crippen molar-refractivity contribution in [3.05, 3.63) is 70.5 Å². The summed E-state index contributed by atoms with van der Waals surface area (Å²) in [4.78, 5) is 27.8. The van der Waals surface area contributed by atoms with E-state index in [2.05, 4.69) is 10.4 Å². The van der Waals surface area contributed by atoms with Crippen LogP contribution in [0.5, 0.6) is 11.5 Å². The lowest BCUT2D eigenvalue weighted by Crippen LogP contribution is -2.41. The summed E-state index contributed by atoms with van der Waals surface area (Å²) in [6, 6.07) is 11.6. The second-order valence-corrected chi connectivity index (χ2v) is 7.83. The number of methoxy groups -OCH3 is 2. The summed E-state index contributed by atoms with van der Waals surface area (Å²) in [7, 11) is 4.85. The molecule has 1 aromatic heterocycles. The minimum absolute atomic E-state index is 0.202. The molecule has 3 aromatic rings. The first-order valence-electron chi connectivity index (χ1n) is 10.0. The van der Waals surface area contributed by atoms with Crippen LogP contribution in [-0.2, 0) is 7.05 Å². The SMILES string of the molecule is COc1cc(OC)cc(C(=O)N2CCC(NC(=O)c3ccccc3Cl)c3nn(C)cc32)c1. The maximum absolute atomic E-state index is 13.4. The van der Waals surface area contributed by atoms with Crippen molar-refractivity contribution < 1.29 is 19.1 Å². The van der Waals surface area contributed by atoms with Crippen LogP contribution in [0.15, 0.2) is 48.7 Å². The van der Waals surface area contributed by atoms with Crippen LogP contribution in [0.4, 0.5) is 5.69 Å². The fourth-order valence-electron chi connectivity index (χ4n) is 3.78. The number of fused-ring (bicyclic) bond motifs is 1. The van der Waals surface area contributed by atoms with Gasteiger partial charge in [0.05, 0.1) is 36.5 Å². The Morgan fingerprint density at radius 3 is 2.47 bits per heavy atom. The van der Waals surface area contributed by atoms with Gasteiger partial charge in [-0.15, -0.1) is 0 Å². The third kappa shape index (κ3) is 4.13. The van der Waals surface area contributed by atoms with Crippen molar-refractivity contribution in [2.24, 2.45) is 7.05 Å². The Balaban J connectivity index is 1.62. The van der Waals surface area contributed by atoms with E-state index in [1.54, 1.807) is 65.3 Å². The number of carbonyl (C=O) groups excluding carboxylic acids is 2. The Hall–Kier alpha value is -3.52. The number of anilines is 1. The average molecular weight is 455 g/mol. The number of carbonyl (C=O) groups is 2. The number of aromatic nitrogens is 2. The van der Waals surface area contributed by atoms with E-state index in [4.69, 9.17) is 21.1 Å². The number of rotatable bonds is 5. The maximum atomic E-state index is 13.4. The molecule has 2 amide bonds. The Morgan fingerprint density at radius 2 is 1.81 bits per heavy atom.